The zero-order valence-corrected chi connectivity index (χ0v) is 13.5. The van der Waals surface area contributed by atoms with Crippen molar-refractivity contribution in [3.8, 4) is 0 Å². The van der Waals surface area contributed by atoms with Gasteiger partial charge in [-0.15, -0.1) is 0 Å². The molecule has 0 spiro atoms. The van der Waals surface area contributed by atoms with Gasteiger partial charge in [-0.05, 0) is 27.2 Å². The minimum Gasteiger partial charge on any atom is -0.374 e. The van der Waals surface area contributed by atoms with Crippen molar-refractivity contribution >= 4 is 14.8 Å². The maximum Gasteiger partial charge on any atom is 0.500 e. The Bertz CT molecular complexity index is 223. The van der Waals surface area contributed by atoms with E-state index in [1.807, 2.05) is 20.8 Å². The van der Waals surface area contributed by atoms with Gasteiger partial charge in [-0.2, -0.15) is 5.48 Å². The van der Waals surface area contributed by atoms with Crippen molar-refractivity contribution in [2.75, 3.05) is 26.4 Å². The van der Waals surface area contributed by atoms with Crippen LogP contribution in [-0.4, -0.2) is 41.1 Å². The molecule has 0 unspecified atom stereocenters. The fraction of sp³-hybridized carbons (Fsp3) is 0.917. The summed E-state index contributed by atoms with van der Waals surface area (Å²) in [4.78, 5) is 15.7. The van der Waals surface area contributed by atoms with Gasteiger partial charge in [0.25, 0.3) is 0 Å². The molecule has 0 aliphatic heterocycles. The molecule has 0 saturated heterocycles. The molecule has 0 amide bonds. The van der Waals surface area contributed by atoms with Gasteiger partial charge in [-0.3, -0.25) is 4.79 Å². The van der Waals surface area contributed by atoms with E-state index in [0.29, 0.717) is 38.8 Å². The summed E-state index contributed by atoms with van der Waals surface area (Å²) in [6, 6.07) is 0.708. The van der Waals surface area contributed by atoms with E-state index in [1.54, 1.807) is 6.92 Å². The molecule has 0 fully saturated rings. The van der Waals surface area contributed by atoms with Crippen LogP contribution < -0.4 is 5.48 Å². The third-order valence-corrected chi connectivity index (χ3v) is 5.48. The molecule has 0 heterocycles. The van der Waals surface area contributed by atoms with Gasteiger partial charge >= 0.3 is 14.8 Å². The Morgan fingerprint density at radius 1 is 1.00 bits per heavy atom. The third kappa shape index (κ3) is 8.33. The second-order valence-corrected chi connectivity index (χ2v) is 6.54. The maximum absolute atomic E-state index is 10.9. The molecule has 0 aliphatic rings. The Labute approximate surface area is 117 Å². The normalized spacial score (nSPS) is 11.6. The first-order valence-corrected chi connectivity index (χ1v) is 8.91. The van der Waals surface area contributed by atoms with Crippen molar-refractivity contribution in [2.24, 2.45) is 0 Å². The lowest BCUT2D eigenvalue weighted by Gasteiger charge is -2.28. The molecule has 1 N–H and O–H groups in total. The highest BCUT2D eigenvalue weighted by atomic mass is 28.4. The van der Waals surface area contributed by atoms with Gasteiger partial charge in [-0.25, -0.2) is 0 Å². The summed E-state index contributed by atoms with van der Waals surface area (Å²) >= 11 is 0. The van der Waals surface area contributed by atoms with Crippen LogP contribution in [-0.2, 0) is 22.9 Å². The van der Waals surface area contributed by atoms with Crippen LogP contribution in [0, 0.1) is 0 Å². The average molecular weight is 293 g/mol. The largest absolute Gasteiger partial charge is 0.500 e. The zero-order valence-electron chi connectivity index (χ0n) is 12.5. The molecule has 6 nitrogen and oxygen atoms in total. The molecule has 114 valence electrons. The second kappa shape index (κ2) is 11.4. The van der Waals surface area contributed by atoms with Gasteiger partial charge in [0.15, 0.2) is 0 Å². The fourth-order valence-electron chi connectivity index (χ4n) is 1.58. The standard InChI is InChI=1S/C12H27NO5Si/c1-5-12(14)18-13-10-9-11-19(15-6-2,16-7-3)17-8-4/h13H,5-11H2,1-4H3. The van der Waals surface area contributed by atoms with Gasteiger partial charge in [0.2, 0.25) is 0 Å². The number of carbonyl (C=O) groups is 1. The number of hydrogen-bond acceptors (Lipinski definition) is 6. The molecule has 7 heteroatoms. The molecule has 0 atom stereocenters. The Morgan fingerprint density at radius 3 is 1.95 bits per heavy atom. The van der Waals surface area contributed by atoms with Gasteiger partial charge in [-0.1, -0.05) is 6.92 Å². The summed E-state index contributed by atoms with van der Waals surface area (Å²) in [5.41, 5.74) is 2.64. The van der Waals surface area contributed by atoms with Crippen LogP contribution in [0.15, 0.2) is 0 Å². The van der Waals surface area contributed by atoms with Crippen LogP contribution in [0.3, 0.4) is 0 Å². The molecule has 0 bridgehead atoms. The highest BCUT2D eigenvalue weighted by molar-refractivity contribution is 6.60. The lowest BCUT2D eigenvalue weighted by Crippen LogP contribution is -2.46. The van der Waals surface area contributed by atoms with Crippen LogP contribution in [0.4, 0.5) is 0 Å². The SMILES string of the molecule is CCO[Si](CCCNOC(=O)CC)(OCC)OCC. The van der Waals surface area contributed by atoms with Gasteiger partial charge in [0, 0.05) is 38.8 Å². The van der Waals surface area contributed by atoms with E-state index in [-0.39, 0.29) is 5.97 Å². The van der Waals surface area contributed by atoms with Crippen molar-refractivity contribution in [1.29, 1.82) is 0 Å². The molecule has 0 saturated carbocycles. The number of carbonyl (C=O) groups excluding carboxylic acids is 1. The molecule has 0 radical (unpaired) electrons. The Hall–Kier alpha value is -0.473. The molecular formula is C12H27NO5Si. The van der Waals surface area contributed by atoms with E-state index < -0.39 is 8.80 Å². The topological polar surface area (TPSA) is 66.0 Å². The van der Waals surface area contributed by atoms with Gasteiger partial charge in [0.1, 0.15) is 0 Å². The van der Waals surface area contributed by atoms with E-state index in [2.05, 4.69) is 5.48 Å². The highest BCUT2D eigenvalue weighted by Gasteiger charge is 2.39. The Balaban J connectivity index is 4.06. The quantitative estimate of drug-likeness (QED) is 0.337. The van der Waals surface area contributed by atoms with Crippen LogP contribution in [0.25, 0.3) is 0 Å². The van der Waals surface area contributed by atoms with Crippen molar-refractivity contribution < 1.29 is 22.9 Å². The van der Waals surface area contributed by atoms with Gasteiger partial charge < -0.3 is 18.1 Å². The summed E-state index contributed by atoms with van der Waals surface area (Å²) < 4.78 is 17.2. The van der Waals surface area contributed by atoms with Crippen LogP contribution in [0.2, 0.25) is 6.04 Å². The number of hydroxylamine groups is 1. The number of rotatable bonds is 12. The molecule has 0 rings (SSSR count). The number of nitrogens with one attached hydrogen (secondary N) is 1. The molecule has 0 aromatic rings. The van der Waals surface area contributed by atoms with E-state index in [1.165, 1.54) is 0 Å². The number of hydrogen-bond donors (Lipinski definition) is 1. The third-order valence-electron chi connectivity index (χ3n) is 2.33. The first-order valence-electron chi connectivity index (χ1n) is 6.98. The minimum atomic E-state index is -2.56. The molecule has 0 aliphatic carbocycles. The van der Waals surface area contributed by atoms with Crippen molar-refractivity contribution in [2.45, 2.75) is 46.6 Å². The maximum atomic E-state index is 10.9. The smallest absolute Gasteiger partial charge is 0.374 e. The van der Waals surface area contributed by atoms with E-state index in [4.69, 9.17) is 18.1 Å². The van der Waals surface area contributed by atoms with Crippen LogP contribution >= 0.6 is 0 Å². The van der Waals surface area contributed by atoms with E-state index in [9.17, 15) is 4.79 Å². The summed E-state index contributed by atoms with van der Waals surface area (Å²) in [5, 5.41) is 0. The zero-order chi connectivity index (χ0) is 14.6. The van der Waals surface area contributed by atoms with Crippen molar-refractivity contribution in [3.05, 3.63) is 0 Å². The predicted octanol–water partition coefficient (Wildman–Crippen LogP) is 1.88. The predicted molar refractivity (Wildman–Crippen MR) is 74.4 cm³/mol. The molecule has 0 aromatic carbocycles. The highest BCUT2D eigenvalue weighted by Crippen LogP contribution is 2.17. The van der Waals surface area contributed by atoms with Crippen molar-refractivity contribution in [1.82, 2.24) is 5.48 Å². The van der Waals surface area contributed by atoms with Crippen LogP contribution in [0.1, 0.15) is 40.5 Å². The van der Waals surface area contributed by atoms with E-state index >= 15 is 0 Å². The minimum absolute atomic E-state index is 0.261. The monoisotopic (exact) mass is 293 g/mol. The molecular weight excluding hydrogens is 266 g/mol. The summed E-state index contributed by atoms with van der Waals surface area (Å²) in [6.45, 7) is 9.83. The summed E-state index contributed by atoms with van der Waals surface area (Å²) in [7, 11) is -2.56. The van der Waals surface area contributed by atoms with Gasteiger partial charge in [0.05, 0.1) is 0 Å². The first kappa shape index (κ1) is 18.5. The van der Waals surface area contributed by atoms with E-state index in [0.717, 1.165) is 6.42 Å². The first-order chi connectivity index (χ1) is 9.14. The average Bonchev–Trinajstić information content (AvgIpc) is 2.39. The Kier molecular flexibility index (Phi) is 11.1. The Morgan fingerprint density at radius 2 is 1.53 bits per heavy atom. The lowest BCUT2D eigenvalue weighted by molar-refractivity contribution is -0.150. The summed E-state index contributed by atoms with van der Waals surface area (Å²) in [5.74, 6) is -0.261. The summed E-state index contributed by atoms with van der Waals surface area (Å²) in [6.07, 6.45) is 1.13. The van der Waals surface area contributed by atoms with Crippen LogP contribution in [0.5, 0.6) is 0 Å². The van der Waals surface area contributed by atoms with Crippen molar-refractivity contribution in [3.63, 3.8) is 0 Å². The fourth-order valence-corrected chi connectivity index (χ4v) is 4.19. The lowest BCUT2D eigenvalue weighted by atomic mass is 10.5. The molecule has 19 heavy (non-hydrogen) atoms. The second-order valence-electron chi connectivity index (χ2n) is 3.81. The molecule has 0 aromatic heterocycles.